The van der Waals surface area contributed by atoms with E-state index in [1.54, 1.807) is 47.5 Å². The van der Waals surface area contributed by atoms with E-state index < -0.39 is 18.1 Å². The number of halogens is 3. The van der Waals surface area contributed by atoms with Gasteiger partial charge in [0, 0.05) is 10.0 Å². The molecular weight excluding hydrogens is 459 g/mol. The third kappa shape index (κ3) is 4.99. The smallest absolute Gasteiger partial charge is 0.271 e. The molecule has 2 aromatic rings. The molecular formula is C22H23Cl3N4O2. The molecule has 2 unspecified atom stereocenters. The van der Waals surface area contributed by atoms with Crippen molar-refractivity contribution in [3.05, 3.63) is 63.1 Å². The first-order chi connectivity index (χ1) is 14.9. The molecule has 2 aliphatic rings. The third-order valence-electron chi connectivity index (χ3n) is 5.57. The Labute approximate surface area is 196 Å². The second-order valence-corrected chi connectivity index (χ2v) is 8.99. The summed E-state index contributed by atoms with van der Waals surface area (Å²) in [4.78, 5) is 15.1. The molecule has 0 spiro atoms. The Morgan fingerprint density at radius 2 is 1.71 bits per heavy atom. The van der Waals surface area contributed by atoms with Crippen molar-refractivity contribution in [1.82, 2.24) is 10.2 Å². The highest BCUT2D eigenvalue weighted by atomic mass is 35.5. The van der Waals surface area contributed by atoms with Gasteiger partial charge in [-0.1, -0.05) is 53.4 Å². The second-order valence-electron chi connectivity index (χ2n) is 7.71. The average Bonchev–Trinajstić information content (AvgIpc) is 3.10. The lowest BCUT2D eigenvalue weighted by molar-refractivity contribution is -0.115. The van der Waals surface area contributed by atoms with Gasteiger partial charge < -0.3 is 10.4 Å². The molecule has 0 saturated carbocycles. The number of aliphatic hydroxyl groups excluding tert-OH is 1. The van der Waals surface area contributed by atoms with E-state index in [2.05, 4.69) is 15.3 Å². The zero-order valence-corrected chi connectivity index (χ0v) is 19.0. The van der Waals surface area contributed by atoms with E-state index in [0.717, 1.165) is 31.5 Å². The van der Waals surface area contributed by atoms with Crippen molar-refractivity contribution in [3.8, 4) is 0 Å². The minimum absolute atomic E-state index is 0.0444. The van der Waals surface area contributed by atoms with Gasteiger partial charge in [0.1, 0.15) is 12.1 Å². The Hall–Kier alpha value is -1.83. The summed E-state index contributed by atoms with van der Waals surface area (Å²) in [7, 11) is 0. The molecule has 1 saturated heterocycles. The van der Waals surface area contributed by atoms with Crippen LogP contribution < -0.4 is 10.3 Å². The van der Waals surface area contributed by atoms with Crippen LogP contribution >= 0.6 is 34.8 Å². The highest BCUT2D eigenvalue weighted by molar-refractivity contribution is 6.42. The number of hydrazone groups is 1. The monoisotopic (exact) mass is 480 g/mol. The molecule has 0 aromatic heterocycles. The fourth-order valence-corrected chi connectivity index (χ4v) is 4.57. The van der Waals surface area contributed by atoms with Gasteiger partial charge in [-0.05, 0) is 61.8 Å². The first kappa shape index (κ1) is 22.4. The van der Waals surface area contributed by atoms with Gasteiger partial charge in [0.05, 0.1) is 17.4 Å². The maximum absolute atomic E-state index is 12.9. The summed E-state index contributed by atoms with van der Waals surface area (Å²) in [6, 6.07) is 11.5. The van der Waals surface area contributed by atoms with Gasteiger partial charge in [-0.2, -0.15) is 5.10 Å². The summed E-state index contributed by atoms with van der Waals surface area (Å²) >= 11 is 18.5. The van der Waals surface area contributed by atoms with Crippen molar-refractivity contribution < 1.29 is 9.90 Å². The van der Waals surface area contributed by atoms with E-state index in [1.165, 1.54) is 6.42 Å². The topological polar surface area (TPSA) is 68.2 Å². The van der Waals surface area contributed by atoms with Crippen molar-refractivity contribution in [3.63, 3.8) is 0 Å². The molecule has 9 heteroatoms. The highest BCUT2D eigenvalue weighted by Crippen LogP contribution is 2.40. The van der Waals surface area contributed by atoms with Gasteiger partial charge in [0.2, 0.25) is 0 Å². The van der Waals surface area contributed by atoms with Crippen molar-refractivity contribution in [1.29, 1.82) is 0 Å². The van der Waals surface area contributed by atoms with Crippen molar-refractivity contribution in [2.24, 2.45) is 5.10 Å². The maximum Gasteiger partial charge on any atom is 0.271 e. The van der Waals surface area contributed by atoms with Crippen molar-refractivity contribution in [2.75, 3.05) is 24.8 Å². The molecule has 4 rings (SSSR count). The average molecular weight is 482 g/mol. The predicted octanol–water partition coefficient (Wildman–Crippen LogP) is 4.48. The standard InChI is InChI=1S/C22H23Cl3N4O2/c23-15-6-4-14(5-7-15)20-21(30)19(22(31)26-13-28-10-2-1-3-11-28)27-29(20)18-9-8-16(24)12-17(18)25/h4-9,12,20-21,30H,1-3,10-11,13H2,(H,26,31). The largest absolute Gasteiger partial charge is 0.384 e. The molecule has 1 fully saturated rings. The molecule has 0 radical (unpaired) electrons. The molecule has 164 valence electrons. The van der Waals surface area contributed by atoms with Crippen LogP contribution in [0.2, 0.25) is 15.1 Å². The Kier molecular flexibility index (Phi) is 7.04. The Morgan fingerprint density at radius 1 is 1.03 bits per heavy atom. The van der Waals surface area contributed by atoms with E-state index in [1.807, 2.05) is 0 Å². The van der Waals surface area contributed by atoms with Crippen LogP contribution in [0.15, 0.2) is 47.6 Å². The first-order valence-electron chi connectivity index (χ1n) is 10.2. The molecule has 1 amide bonds. The van der Waals surface area contributed by atoms with Gasteiger partial charge in [0.15, 0.2) is 5.71 Å². The number of hydrogen-bond acceptors (Lipinski definition) is 5. The summed E-state index contributed by atoms with van der Waals surface area (Å²) in [6.45, 7) is 2.34. The first-order valence-corrected chi connectivity index (χ1v) is 11.3. The van der Waals surface area contributed by atoms with Crippen LogP contribution in [-0.4, -0.2) is 47.5 Å². The number of rotatable bonds is 5. The van der Waals surface area contributed by atoms with Gasteiger partial charge in [-0.15, -0.1) is 0 Å². The van der Waals surface area contributed by atoms with Crippen LogP contribution in [0, 0.1) is 0 Å². The van der Waals surface area contributed by atoms with Crippen LogP contribution in [0.1, 0.15) is 30.9 Å². The van der Waals surface area contributed by atoms with Gasteiger partial charge in [0.25, 0.3) is 5.91 Å². The summed E-state index contributed by atoms with van der Waals surface area (Å²) < 4.78 is 0. The number of amides is 1. The lowest BCUT2D eigenvalue weighted by atomic mass is 9.98. The molecule has 0 aliphatic carbocycles. The Balaban J connectivity index is 1.62. The van der Waals surface area contributed by atoms with Crippen LogP contribution in [-0.2, 0) is 4.79 Å². The maximum atomic E-state index is 12.9. The molecule has 2 aliphatic heterocycles. The minimum atomic E-state index is -1.14. The summed E-state index contributed by atoms with van der Waals surface area (Å²) in [5, 5.41) is 21.5. The lowest BCUT2D eigenvalue weighted by Gasteiger charge is -2.27. The van der Waals surface area contributed by atoms with E-state index in [-0.39, 0.29) is 5.71 Å². The molecule has 6 nitrogen and oxygen atoms in total. The number of hydrogen-bond donors (Lipinski definition) is 2. The molecule has 2 heterocycles. The van der Waals surface area contributed by atoms with E-state index >= 15 is 0 Å². The Morgan fingerprint density at radius 3 is 2.39 bits per heavy atom. The number of anilines is 1. The number of piperidine rings is 1. The predicted molar refractivity (Wildman–Crippen MR) is 125 cm³/mol. The molecule has 31 heavy (non-hydrogen) atoms. The summed E-state index contributed by atoms with van der Waals surface area (Å²) in [6.07, 6.45) is 2.33. The quantitative estimate of drug-likeness (QED) is 0.660. The normalized spacial score (nSPS) is 21.8. The minimum Gasteiger partial charge on any atom is -0.384 e. The van der Waals surface area contributed by atoms with Crippen molar-refractivity contribution in [2.45, 2.75) is 31.4 Å². The van der Waals surface area contributed by atoms with Gasteiger partial charge in [-0.3, -0.25) is 14.7 Å². The molecule has 2 N–H and O–H groups in total. The number of likely N-dealkylation sites (tertiary alicyclic amines) is 1. The SMILES string of the molecule is O=C(NCN1CCCCC1)C1=NN(c2ccc(Cl)cc2Cl)C(c2ccc(Cl)cc2)C1O. The highest BCUT2D eigenvalue weighted by Gasteiger charge is 2.41. The molecule has 2 atom stereocenters. The summed E-state index contributed by atoms with van der Waals surface area (Å²) in [5.74, 6) is -0.398. The number of benzene rings is 2. The summed E-state index contributed by atoms with van der Waals surface area (Å²) in [5.41, 5.74) is 1.34. The molecule has 0 bridgehead atoms. The van der Waals surface area contributed by atoms with Crippen LogP contribution in [0.3, 0.4) is 0 Å². The number of nitrogens with one attached hydrogen (secondary N) is 1. The van der Waals surface area contributed by atoms with E-state index in [9.17, 15) is 9.90 Å². The van der Waals surface area contributed by atoms with E-state index in [0.29, 0.717) is 27.4 Å². The zero-order chi connectivity index (χ0) is 22.0. The van der Waals surface area contributed by atoms with Crippen molar-refractivity contribution >= 4 is 52.1 Å². The molecule has 2 aromatic carbocycles. The number of aliphatic hydroxyl groups is 1. The van der Waals surface area contributed by atoms with Crippen LogP contribution in [0.5, 0.6) is 0 Å². The van der Waals surface area contributed by atoms with E-state index in [4.69, 9.17) is 34.8 Å². The Bertz CT molecular complexity index is 977. The lowest BCUT2D eigenvalue weighted by Crippen LogP contribution is -2.45. The fourth-order valence-electron chi connectivity index (χ4n) is 3.95. The number of nitrogens with zero attached hydrogens (tertiary/aromatic N) is 3. The van der Waals surface area contributed by atoms with Gasteiger partial charge >= 0.3 is 0 Å². The third-order valence-corrected chi connectivity index (χ3v) is 6.36. The zero-order valence-electron chi connectivity index (χ0n) is 16.8. The fraction of sp³-hybridized carbons (Fsp3) is 0.364. The van der Waals surface area contributed by atoms with Crippen LogP contribution in [0.25, 0.3) is 0 Å². The second kappa shape index (κ2) is 9.76. The van der Waals surface area contributed by atoms with Crippen LogP contribution in [0.4, 0.5) is 5.69 Å². The number of carbonyl (C=O) groups excluding carboxylic acids is 1. The number of carbonyl (C=O) groups is 1. The van der Waals surface area contributed by atoms with Gasteiger partial charge in [-0.25, -0.2) is 0 Å².